The first-order chi connectivity index (χ1) is 11.9. The van der Waals surface area contributed by atoms with Crippen molar-refractivity contribution in [1.29, 1.82) is 0 Å². The second-order valence-electron chi connectivity index (χ2n) is 6.62. The van der Waals surface area contributed by atoms with Crippen LogP contribution in [0.3, 0.4) is 0 Å². The Morgan fingerprint density at radius 2 is 1.44 bits per heavy atom. The molecule has 0 atom stereocenters. The largest absolute Gasteiger partial charge is 0.305 e. The number of rotatable bonds is 1. The Morgan fingerprint density at radius 3 is 2.12 bits per heavy atom. The molecule has 1 heterocycles. The number of hydrogen-bond acceptors (Lipinski definition) is 1. The maximum atomic E-state index is 4.56. The van der Waals surface area contributed by atoms with Gasteiger partial charge in [-0.15, -0.1) is 34.9 Å². The molecule has 129 valence electrons. The Kier molecular flexibility index (Phi) is 6.18. The van der Waals surface area contributed by atoms with Gasteiger partial charge in [-0.1, -0.05) is 49.2 Å². The predicted octanol–water partition coefficient (Wildman–Crippen LogP) is 5.21. The van der Waals surface area contributed by atoms with E-state index in [1.807, 2.05) is 12.3 Å². The van der Waals surface area contributed by atoms with E-state index >= 15 is 0 Å². The predicted molar refractivity (Wildman–Crippen MR) is 99.0 cm³/mol. The zero-order chi connectivity index (χ0) is 16.2. The summed E-state index contributed by atoms with van der Waals surface area (Å²) in [5, 5.41) is 0. The van der Waals surface area contributed by atoms with E-state index in [1.54, 1.807) is 0 Å². The third-order valence-corrected chi connectivity index (χ3v) is 4.86. The molecule has 7 rings (SSSR count). The molecule has 0 saturated carbocycles. The fraction of sp³-hybridized carbons (Fsp3) is 0.261. The molecule has 1 aromatic heterocycles. The van der Waals surface area contributed by atoms with Crippen LogP contribution < -0.4 is 0 Å². The van der Waals surface area contributed by atoms with Gasteiger partial charge in [-0.3, -0.25) is 0 Å². The average molecular weight is 505 g/mol. The van der Waals surface area contributed by atoms with Crippen LogP contribution in [0.2, 0.25) is 0 Å². The van der Waals surface area contributed by atoms with E-state index in [0.29, 0.717) is 0 Å². The van der Waals surface area contributed by atoms with E-state index in [9.17, 15) is 0 Å². The summed E-state index contributed by atoms with van der Waals surface area (Å²) < 4.78 is 0. The van der Waals surface area contributed by atoms with Crippen molar-refractivity contribution in [2.75, 3.05) is 0 Å². The van der Waals surface area contributed by atoms with E-state index < -0.39 is 0 Å². The molecule has 0 aliphatic heterocycles. The maximum Gasteiger partial charge on any atom is 0.0160 e. The van der Waals surface area contributed by atoms with E-state index in [4.69, 9.17) is 0 Å². The van der Waals surface area contributed by atoms with Crippen LogP contribution in [-0.2, 0) is 45.8 Å². The van der Waals surface area contributed by atoms with Gasteiger partial charge in [0.2, 0.25) is 0 Å². The molecule has 2 aromatic carbocycles. The van der Waals surface area contributed by atoms with Gasteiger partial charge in [0, 0.05) is 26.3 Å². The molecule has 0 amide bonds. The smallest absolute Gasteiger partial charge is 0.0160 e. The van der Waals surface area contributed by atoms with Crippen molar-refractivity contribution in [3.8, 4) is 11.3 Å². The number of hydrogen-bond donors (Lipinski definition) is 0. The summed E-state index contributed by atoms with van der Waals surface area (Å²) in [6.45, 7) is 0. The number of pyridine rings is 1. The molecular weight excluding hydrogens is 482 g/mol. The number of nitrogens with zero attached hydrogens (tertiary/aromatic N) is 1. The van der Waals surface area contributed by atoms with E-state index in [-0.39, 0.29) is 20.1 Å². The van der Waals surface area contributed by atoms with Crippen LogP contribution in [0.1, 0.15) is 35.1 Å². The molecule has 4 aliphatic carbocycles. The van der Waals surface area contributed by atoms with Crippen molar-refractivity contribution in [2.45, 2.75) is 38.5 Å². The monoisotopic (exact) mass is 505 g/mol. The van der Waals surface area contributed by atoms with Gasteiger partial charge in [0.15, 0.2) is 0 Å². The molecule has 0 spiro atoms. The number of benzene rings is 2. The standard InChI is InChI=1S/C23H22N.Ir/c1-2-16-24-23(9-1)22-17-20-7-3-5-18-10-12-19(13-11-18)6-4-8-21(22)15-14-20;/h1-2,9-16H,3-8H2;/q-1;. The second kappa shape index (κ2) is 8.56. The SMILES string of the molecule is [Ir].[c-]1c2ccc(c1-c1ccccn1)CCCc1ccc(cc1)CCC2. The fourth-order valence-electron chi connectivity index (χ4n) is 3.50. The molecule has 0 saturated heterocycles. The summed E-state index contributed by atoms with van der Waals surface area (Å²) in [5.41, 5.74) is 7.79. The third-order valence-electron chi connectivity index (χ3n) is 4.86. The van der Waals surface area contributed by atoms with Crippen LogP contribution in [-0.4, -0.2) is 4.98 Å². The Hall–Kier alpha value is -1.76. The Balaban J connectivity index is 0.00000182. The van der Waals surface area contributed by atoms with Crippen molar-refractivity contribution in [3.05, 3.63) is 89.1 Å². The molecular formula is C23H22IrN-. The van der Waals surface area contributed by atoms with Gasteiger partial charge in [-0.2, -0.15) is 0 Å². The molecule has 4 bridgehead atoms. The van der Waals surface area contributed by atoms with Crippen molar-refractivity contribution in [2.24, 2.45) is 0 Å². The third kappa shape index (κ3) is 4.45. The summed E-state index contributed by atoms with van der Waals surface area (Å²) in [5.74, 6) is 0. The Labute approximate surface area is 163 Å². The normalized spacial score (nSPS) is 13.9. The van der Waals surface area contributed by atoms with Crippen LogP contribution in [0.5, 0.6) is 0 Å². The molecule has 0 fully saturated rings. The average Bonchev–Trinajstić information content (AvgIpc) is 2.65. The minimum Gasteiger partial charge on any atom is -0.305 e. The van der Waals surface area contributed by atoms with Gasteiger partial charge < -0.3 is 4.98 Å². The molecule has 25 heavy (non-hydrogen) atoms. The number of aromatic nitrogens is 1. The van der Waals surface area contributed by atoms with Gasteiger partial charge in [0.25, 0.3) is 0 Å². The fourth-order valence-corrected chi connectivity index (χ4v) is 3.50. The van der Waals surface area contributed by atoms with Crippen molar-refractivity contribution >= 4 is 0 Å². The molecule has 2 heteroatoms. The minimum atomic E-state index is 0. The molecule has 0 unspecified atom stereocenters. The maximum absolute atomic E-state index is 4.56. The molecule has 1 nitrogen and oxygen atoms in total. The van der Waals surface area contributed by atoms with E-state index in [2.05, 4.69) is 59.6 Å². The quantitative estimate of drug-likeness (QED) is 0.415. The van der Waals surface area contributed by atoms with Crippen molar-refractivity contribution < 1.29 is 20.1 Å². The Bertz CT molecular complexity index is 809. The van der Waals surface area contributed by atoms with Gasteiger partial charge in [0.05, 0.1) is 0 Å². The summed E-state index contributed by atoms with van der Waals surface area (Å²) in [7, 11) is 0. The summed E-state index contributed by atoms with van der Waals surface area (Å²) in [4.78, 5) is 4.56. The van der Waals surface area contributed by atoms with Crippen LogP contribution in [0, 0.1) is 6.07 Å². The van der Waals surface area contributed by atoms with Crippen LogP contribution >= 0.6 is 0 Å². The van der Waals surface area contributed by atoms with E-state index in [0.717, 1.165) is 44.2 Å². The van der Waals surface area contributed by atoms with Crippen LogP contribution in [0.15, 0.2) is 60.8 Å². The first-order valence-corrected chi connectivity index (χ1v) is 8.92. The second-order valence-corrected chi connectivity index (χ2v) is 6.62. The van der Waals surface area contributed by atoms with Crippen molar-refractivity contribution in [3.63, 3.8) is 0 Å². The molecule has 4 aliphatic rings. The first-order valence-electron chi connectivity index (χ1n) is 8.92. The molecule has 0 N–H and O–H groups in total. The topological polar surface area (TPSA) is 12.9 Å². The number of aryl methyl sites for hydroxylation is 4. The van der Waals surface area contributed by atoms with Gasteiger partial charge in [0.1, 0.15) is 0 Å². The van der Waals surface area contributed by atoms with Gasteiger partial charge in [-0.25, -0.2) is 0 Å². The zero-order valence-corrected chi connectivity index (χ0v) is 16.7. The van der Waals surface area contributed by atoms with E-state index in [1.165, 1.54) is 27.8 Å². The summed E-state index contributed by atoms with van der Waals surface area (Å²) in [6.07, 6.45) is 8.60. The van der Waals surface area contributed by atoms with Gasteiger partial charge in [-0.05, 0) is 48.6 Å². The summed E-state index contributed by atoms with van der Waals surface area (Å²) in [6, 6.07) is 23.5. The van der Waals surface area contributed by atoms with Gasteiger partial charge >= 0.3 is 0 Å². The minimum absolute atomic E-state index is 0. The molecule has 3 aromatic rings. The van der Waals surface area contributed by atoms with Crippen LogP contribution in [0.4, 0.5) is 0 Å². The summed E-state index contributed by atoms with van der Waals surface area (Å²) >= 11 is 0. The Morgan fingerprint density at radius 1 is 0.720 bits per heavy atom. The van der Waals surface area contributed by atoms with Crippen LogP contribution in [0.25, 0.3) is 11.3 Å². The molecule has 1 radical (unpaired) electrons. The zero-order valence-electron chi connectivity index (χ0n) is 14.3. The van der Waals surface area contributed by atoms with Crippen molar-refractivity contribution in [1.82, 2.24) is 4.98 Å². The first kappa shape index (κ1) is 18.0.